The van der Waals surface area contributed by atoms with Gasteiger partial charge in [-0.2, -0.15) is 0 Å². The second-order valence-electron chi connectivity index (χ2n) is 4.32. The van der Waals surface area contributed by atoms with Crippen LogP contribution in [0.5, 0.6) is 0 Å². The Bertz CT molecular complexity index is 626. The Labute approximate surface area is 127 Å². The molecular weight excluding hydrogens is 284 g/mol. The van der Waals surface area contributed by atoms with Crippen molar-refractivity contribution in [1.82, 2.24) is 10.9 Å². The average Bonchev–Trinajstić information content (AvgIpc) is 2.53. The maximum atomic E-state index is 11.3. The minimum Gasteiger partial charge on any atom is -0.281 e. The van der Waals surface area contributed by atoms with Crippen LogP contribution in [0.3, 0.4) is 0 Å². The van der Waals surface area contributed by atoms with E-state index >= 15 is 0 Å². The number of nitrogens with two attached hydrogens (primary N) is 1. The summed E-state index contributed by atoms with van der Waals surface area (Å²) in [6.45, 7) is 2.01. The average molecular weight is 300 g/mol. The number of aliphatic imine (C=N–C) groups is 1. The summed E-state index contributed by atoms with van der Waals surface area (Å²) in [5.41, 5.74) is 8.10. The van der Waals surface area contributed by atoms with E-state index in [1.165, 1.54) is 0 Å². The highest BCUT2D eigenvalue weighted by Gasteiger charge is 2.05. The van der Waals surface area contributed by atoms with Gasteiger partial charge in [-0.05, 0) is 19.1 Å². The molecule has 108 valence electrons. The fraction of sp³-hybridized carbons (Fsp3) is 0.0667. The summed E-state index contributed by atoms with van der Waals surface area (Å²) < 4.78 is 0. The van der Waals surface area contributed by atoms with Crippen LogP contribution in [-0.2, 0) is 0 Å². The number of aryl methyl sites for hydroxylation is 1. The van der Waals surface area contributed by atoms with Crippen LogP contribution in [0.25, 0.3) is 0 Å². The maximum Gasteiger partial charge on any atom is 0.312 e. The zero-order valence-electron chi connectivity index (χ0n) is 11.5. The second kappa shape index (κ2) is 7.47. The van der Waals surface area contributed by atoms with Gasteiger partial charge in [-0.3, -0.25) is 20.8 Å². The molecule has 6 heteroatoms. The third-order valence-corrected chi connectivity index (χ3v) is 3.03. The number of amides is 1. The van der Waals surface area contributed by atoms with Crippen molar-refractivity contribution in [2.75, 3.05) is 0 Å². The quantitative estimate of drug-likeness (QED) is 0.345. The lowest BCUT2D eigenvalue weighted by Gasteiger charge is -2.11. The fourth-order valence-electron chi connectivity index (χ4n) is 1.65. The number of carbonyl (C=O) groups excluding carboxylic acids is 1. The standard InChI is InChI=1S/C15H16N4OS/c1-11-7-9-12(10-8-11)14(18-19-15(20)21-16)17-13-5-3-2-4-6-13/h2-10H,16H2,1H3,(H,17,18)(H,19,20). The van der Waals surface area contributed by atoms with Gasteiger partial charge in [0.1, 0.15) is 0 Å². The molecule has 0 atom stereocenters. The van der Waals surface area contributed by atoms with E-state index in [0.717, 1.165) is 16.8 Å². The lowest BCUT2D eigenvalue weighted by atomic mass is 10.1. The van der Waals surface area contributed by atoms with Gasteiger partial charge in [0.05, 0.1) is 5.69 Å². The molecule has 2 aromatic carbocycles. The molecule has 4 N–H and O–H groups in total. The maximum absolute atomic E-state index is 11.3. The molecule has 0 spiro atoms. The molecule has 5 nitrogen and oxygen atoms in total. The monoisotopic (exact) mass is 300 g/mol. The van der Waals surface area contributed by atoms with E-state index in [9.17, 15) is 4.79 Å². The lowest BCUT2D eigenvalue weighted by Crippen LogP contribution is -2.40. The first kappa shape index (κ1) is 15.1. The zero-order chi connectivity index (χ0) is 15.1. The van der Waals surface area contributed by atoms with Gasteiger partial charge in [-0.15, -0.1) is 0 Å². The van der Waals surface area contributed by atoms with Gasteiger partial charge < -0.3 is 0 Å². The van der Waals surface area contributed by atoms with Gasteiger partial charge in [0, 0.05) is 17.5 Å². The minimum absolute atomic E-state index is 0.386. The van der Waals surface area contributed by atoms with Crippen LogP contribution in [0.4, 0.5) is 10.5 Å². The Kier molecular flexibility index (Phi) is 5.36. The number of nitrogens with one attached hydrogen (secondary N) is 2. The first-order valence-corrected chi connectivity index (χ1v) is 7.20. The van der Waals surface area contributed by atoms with Gasteiger partial charge in [0.2, 0.25) is 0 Å². The molecule has 0 aliphatic rings. The van der Waals surface area contributed by atoms with Crippen LogP contribution in [0.15, 0.2) is 59.6 Å². The van der Waals surface area contributed by atoms with Crippen LogP contribution >= 0.6 is 11.9 Å². The van der Waals surface area contributed by atoms with Crippen molar-refractivity contribution in [2.24, 2.45) is 10.1 Å². The van der Waals surface area contributed by atoms with Crippen LogP contribution in [-0.4, -0.2) is 11.1 Å². The molecule has 0 saturated carbocycles. The summed E-state index contributed by atoms with van der Waals surface area (Å²) in [6, 6.07) is 17.3. The number of rotatable bonds is 2. The summed E-state index contributed by atoms with van der Waals surface area (Å²) in [6.07, 6.45) is 0. The van der Waals surface area contributed by atoms with E-state index in [2.05, 4.69) is 15.8 Å². The van der Waals surface area contributed by atoms with E-state index in [1.54, 1.807) is 0 Å². The first-order valence-electron chi connectivity index (χ1n) is 6.32. The van der Waals surface area contributed by atoms with Crippen LogP contribution in [0.1, 0.15) is 11.1 Å². The molecule has 0 saturated heterocycles. The molecule has 0 bridgehead atoms. The van der Waals surface area contributed by atoms with Gasteiger partial charge in [-0.25, -0.2) is 4.99 Å². The summed E-state index contributed by atoms with van der Waals surface area (Å²) in [7, 11) is 0. The molecule has 21 heavy (non-hydrogen) atoms. The van der Waals surface area contributed by atoms with Crippen molar-refractivity contribution in [3.8, 4) is 0 Å². The largest absolute Gasteiger partial charge is 0.312 e. The molecule has 0 fully saturated rings. The molecular formula is C15H16N4OS. The van der Waals surface area contributed by atoms with Crippen molar-refractivity contribution in [3.05, 3.63) is 65.7 Å². The Hall–Kier alpha value is -2.31. The lowest BCUT2D eigenvalue weighted by molar-refractivity contribution is 0.259. The van der Waals surface area contributed by atoms with Crippen LogP contribution in [0.2, 0.25) is 0 Å². The molecule has 0 unspecified atom stereocenters. The fourth-order valence-corrected chi connectivity index (χ4v) is 1.76. The highest BCUT2D eigenvalue weighted by Crippen LogP contribution is 2.12. The Morgan fingerprint density at radius 1 is 1.05 bits per heavy atom. The first-order chi connectivity index (χ1) is 10.2. The Morgan fingerprint density at radius 3 is 2.33 bits per heavy atom. The van der Waals surface area contributed by atoms with E-state index in [-0.39, 0.29) is 5.24 Å². The van der Waals surface area contributed by atoms with Gasteiger partial charge in [-0.1, -0.05) is 48.0 Å². The van der Waals surface area contributed by atoms with Gasteiger partial charge in [0.15, 0.2) is 5.84 Å². The third-order valence-electron chi connectivity index (χ3n) is 2.71. The molecule has 2 rings (SSSR count). The van der Waals surface area contributed by atoms with Gasteiger partial charge >= 0.3 is 5.24 Å². The van der Waals surface area contributed by atoms with E-state index in [0.29, 0.717) is 17.8 Å². The number of hydrogen-bond donors (Lipinski definition) is 3. The van der Waals surface area contributed by atoms with Gasteiger partial charge in [0.25, 0.3) is 0 Å². The van der Waals surface area contributed by atoms with Crippen molar-refractivity contribution in [3.63, 3.8) is 0 Å². The number of hydrogen-bond acceptors (Lipinski definition) is 4. The molecule has 0 heterocycles. The topological polar surface area (TPSA) is 79.5 Å². The number of amidine groups is 1. The Morgan fingerprint density at radius 2 is 1.71 bits per heavy atom. The summed E-state index contributed by atoms with van der Waals surface area (Å²) >= 11 is 0.603. The number of para-hydroxylation sites is 1. The van der Waals surface area contributed by atoms with Crippen molar-refractivity contribution >= 4 is 28.7 Å². The number of nitrogens with zero attached hydrogens (tertiary/aromatic N) is 1. The third kappa shape index (κ3) is 4.62. The van der Waals surface area contributed by atoms with Crippen molar-refractivity contribution < 1.29 is 4.79 Å². The number of carbonyl (C=O) groups is 1. The van der Waals surface area contributed by atoms with Crippen molar-refractivity contribution in [2.45, 2.75) is 6.92 Å². The smallest absolute Gasteiger partial charge is 0.281 e. The number of benzene rings is 2. The van der Waals surface area contributed by atoms with E-state index < -0.39 is 0 Å². The summed E-state index contributed by atoms with van der Waals surface area (Å²) in [5, 5.41) is 4.81. The number of hydrazine groups is 1. The molecule has 2 aromatic rings. The minimum atomic E-state index is -0.386. The van der Waals surface area contributed by atoms with Crippen LogP contribution < -0.4 is 16.0 Å². The molecule has 0 aliphatic carbocycles. The SMILES string of the molecule is Cc1ccc(C(=Nc2ccccc2)NNC(=O)SN)cc1. The molecule has 0 radical (unpaired) electrons. The predicted octanol–water partition coefficient (Wildman–Crippen LogP) is 2.89. The molecule has 1 amide bonds. The van der Waals surface area contributed by atoms with E-state index in [4.69, 9.17) is 5.14 Å². The molecule has 0 aromatic heterocycles. The van der Waals surface area contributed by atoms with E-state index in [1.807, 2.05) is 61.5 Å². The highest BCUT2D eigenvalue weighted by atomic mass is 32.2. The summed E-state index contributed by atoms with van der Waals surface area (Å²) in [5.74, 6) is 0.545. The second-order valence-corrected chi connectivity index (χ2v) is 4.92. The zero-order valence-corrected chi connectivity index (χ0v) is 12.4. The predicted molar refractivity (Wildman–Crippen MR) is 87.3 cm³/mol. The van der Waals surface area contributed by atoms with Crippen LogP contribution in [0, 0.1) is 6.92 Å². The Balaban J connectivity index is 2.27. The molecule has 0 aliphatic heterocycles. The van der Waals surface area contributed by atoms with Crippen molar-refractivity contribution in [1.29, 1.82) is 0 Å². The summed E-state index contributed by atoms with van der Waals surface area (Å²) in [4.78, 5) is 15.8. The highest BCUT2D eigenvalue weighted by molar-refractivity contribution is 8.11. The normalized spacial score (nSPS) is 11.0.